The third-order valence-electron chi connectivity index (χ3n) is 6.05. The first-order valence-electron chi connectivity index (χ1n) is 12.6. The molecule has 1 unspecified atom stereocenters. The van der Waals surface area contributed by atoms with Gasteiger partial charge in [-0.3, -0.25) is 4.90 Å². The highest BCUT2D eigenvalue weighted by molar-refractivity contribution is 6.30. The number of ether oxygens (including phenoxy) is 3. The topological polar surface area (TPSA) is 69.0 Å². The van der Waals surface area contributed by atoms with Crippen LogP contribution in [0, 0.1) is 0 Å². The van der Waals surface area contributed by atoms with Crippen molar-refractivity contribution in [3.8, 4) is 22.9 Å². The summed E-state index contributed by atoms with van der Waals surface area (Å²) in [6.45, 7) is 2.73. The van der Waals surface area contributed by atoms with Crippen LogP contribution in [-0.2, 0) is 29.7 Å². The van der Waals surface area contributed by atoms with Crippen molar-refractivity contribution < 1.29 is 19.3 Å². The molecule has 0 saturated carbocycles. The molecule has 0 fully saturated rings. The summed E-state index contributed by atoms with van der Waals surface area (Å²) in [5, 5.41) is 16.3. The van der Waals surface area contributed by atoms with Gasteiger partial charge in [-0.1, -0.05) is 72.3 Å². The van der Waals surface area contributed by atoms with E-state index in [4.69, 9.17) is 30.9 Å². The fourth-order valence-corrected chi connectivity index (χ4v) is 4.31. The van der Waals surface area contributed by atoms with Crippen molar-refractivity contribution in [1.82, 2.24) is 14.7 Å². The van der Waals surface area contributed by atoms with E-state index in [1.54, 1.807) is 23.9 Å². The summed E-state index contributed by atoms with van der Waals surface area (Å²) in [4.78, 5) is 2.14. The van der Waals surface area contributed by atoms with Gasteiger partial charge in [0.15, 0.2) is 0 Å². The van der Waals surface area contributed by atoms with E-state index in [2.05, 4.69) is 4.90 Å². The average molecular weight is 536 g/mol. The van der Waals surface area contributed by atoms with E-state index in [1.165, 1.54) is 0 Å². The van der Waals surface area contributed by atoms with E-state index in [-0.39, 0.29) is 6.61 Å². The number of halogens is 1. The van der Waals surface area contributed by atoms with Crippen LogP contribution in [0.15, 0.2) is 84.9 Å². The molecule has 4 aromatic rings. The third kappa shape index (κ3) is 7.90. The summed E-state index contributed by atoms with van der Waals surface area (Å²) in [7, 11) is 3.54. The van der Waals surface area contributed by atoms with Gasteiger partial charge in [0.2, 0.25) is 5.88 Å². The summed E-state index contributed by atoms with van der Waals surface area (Å²) in [5.74, 6) is 1.29. The summed E-state index contributed by atoms with van der Waals surface area (Å²) in [5.41, 5.74) is 3.81. The van der Waals surface area contributed by atoms with Crippen molar-refractivity contribution >= 4 is 11.6 Å². The zero-order valence-corrected chi connectivity index (χ0v) is 22.6. The zero-order valence-electron chi connectivity index (χ0n) is 21.8. The second-order valence-corrected chi connectivity index (χ2v) is 9.50. The molecule has 1 atom stereocenters. The lowest BCUT2D eigenvalue weighted by molar-refractivity contribution is 0.00472. The molecule has 3 aromatic carbocycles. The minimum absolute atomic E-state index is 0.227. The zero-order chi connectivity index (χ0) is 26.7. The summed E-state index contributed by atoms with van der Waals surface area (Å²) in [6.07, 6.45) is -0.673. The van der Waals surface area contributed by atoms with E-state index in [1.807, 2.05) is 79.8 Å². The van der Waals surface area contributed by atoms with Gasteiger partial charge in [-0.05, 0) is 29.8 Å². The molecular weight excluding hydrogens is 502 g/mol. The smallest absolute Gasteiger partial charge is 0.222 e. The lowest BCUT2D eigenvalue weighted by Gasteiger charge is -2.25. The van der Waals surface area contributed by atoms with E-state index >= 15 is 0 Å². The van der Waals surface area contributed by atoms with E-state index in [0.29, 0.717) is 49.5 Å². The van der Waals surface area contributed by atoms with E-state index < -0.39 is 6.10 Å². The minimum Gasteiger partial charge on any atom is -0.439 e. The number of nitrogens with zero attached hydrogens (tertiary/aromatic N) is 3. The number of hydrogen-bond donors (Lipinski definition) is 1. The van der Waals surface area contributed by atoms with Crippen LogP contribution in [0.5, 0.6) is 11.6 Å². The Morgan fingerprint density at radius 3 is 2.34 bits per heavy atom. The maximum Gasteiger partial charge on any atom is 0.222 e. The number of methoxy groups -OCH3 is 1. The average Bonchev–Trinajstić information content (AvgIpc) is 3.24. The Balaban J connectivity index is 1.54. The summed E-state index contributed by atoms with van der Waals surface area (Å²) < 4.78 is 19.2. The fourth-order valence-electron chi connectivity index (χ4n) is 4.18. The first-order valence-corrected chi connectivity index (χ1v) is 13.0. The predicted molar refractivity (Wildman–Crippen MR) is 149 cm³/mol. The highest BCUT2D eigenvalue weighted by atomic mass is 35.5. The third-order valence-corrected chi connectivity index (χ3v) is 6.30. The van der Waals surface area contributed by atoms with Gasteiger partial charge in [0.05, 0.1) is 31.5 Å². The van der Waals surface area contributed by atoms with E-state index in [9.17, 15) is 5.11 Å². The number of benzene rings is 3. The first-order chi connectivity index (χ1) is 18.5. The van der Waals surface area contributed by atoms with Crippen molar-refractivity contribution in [3.63, 3.8) is 0 Å². The second kappa shape index (κ2) is 14.1. The molecule has 0 aliphatic rings. The lowest BCUT2D eigenvalue weighted by Crippen LogP contribution is -2.36. The summed E-state index contributed by atoms with van der Waals surface area (Å²) in [6, 6.07) is 27.2. The monoisotopic (exact) mass is 535 g/mol. The van der Waals surface area contributed by atoms with Crippen molar-refractivity contribution in [2.24, 2.45) is 7.05 Å². The highest BCUT2D eigenvalue weighted by Crippen LogP contribution is 2.34. The minimum atomic E-state index is -0.673. The molecule has 8 heteroatoms. The van der Waals surface area contributed by atoms with Crippen molar-refractivity contribution in [2.75, 3.05) is 33.4 Å². The number of rotatable bonds is 14. The molecule has 0 aliphatic carbocycles. The van der Waals surface area contributed by atoms with Crippen LogP contribution < -0.4 is 4.74 Å². The van der Waals surface area contributed by atoms with Crippen molar-refractivity contribution in [1.29, 1.82) is 0 Å². The summed E-state index contributed by atoms with van der Waals surface area (Å²) >= 11 is 6.07. The second-order valence-electron chi connectivity index (χ2n) is 9.06. The normalized spacial score (nSPS) is 12.1. The molecule has 7 nitrogen and oxygen atoms in total. The van der Waals surface area contributed by atoms with Gasteiger partial charge >= 0.3 is 0 Å². The predicted octanol–water partition coefficient (Wildman–Crippen LogP) is 5.56. The molecule has 1 heterocycles. The van der Waals surface area contributed by atoms with Gasteiger partial charge in [0, 0.05) is 44.4 Å². The molecule has 0 spiro atoms. The molecule has 0 aliphatic heterocycles. The van der Waals surface area contributed by atoms with Gasteiger partial charge in [-0.25, -0.2) is 4.68 Å². The number of aliphatic hydroxyl groups is 1. The van der Waals surface area contributed by atoms with Crippen LogP contribution in [0.1, 0.15) is 11.1 Å². The Labute approximate surface area is 229 Å². The maximum atomic E-state index is 10.8. The number of aliphatic hydroxyl groups excluding tert-OH is 1. The molecule has 0 saturated heterocycles. The molecule has 0 bridgehead atoms. The van der Waals surface area contributed by atoms with Gasteiger partial charge < -0.3 is 19.3 Å². The first kappa shape index (κ1) is 27.8. The number of aryl methyl sites for hydroxylation is 1. The SMILES string of the molecule is COCCN(Cc1c(-c2ccccc2)nn(C)c1Oc1ccc(Cl)cc1)CC(O)COCc1ccccc1. The molecule has 1 aromatic heterocycles. The van der Waals surface area contributed by atoms with Crippen LogP contribution in [0.4, 0.5) is 0 Å². The number of hydrogen-bond acceptors (Lipinski definition) is 6. The Kier molecular flexibility index (Phi) is 10.3. The standard InChI is InChI=1S/C30H34ClN3O4/c1-33-30(38-27-15-13-25(31)14-16-27)28(29(32-33)24-11-7-4-8-12-24)20-34(17-18-36-2)19-26(35)22-37-21-23-9-5-3-6-10-23/h3-16,26,35H,17-22H2,1-2H3. The Morgan fingerprint density at radius 2 is 1.66 bits per heavy atom. The van der Waals surface area contributed by atoms with Crippen LogP contribution in [0.2, 0.25) is 5.02 Å². The van der Waals surface area contributed by atoms with Gasteiger partial charge in [-0.15, -0.1) is 0 Å². The van der Waals surface area contributed by atoms with Crippen LogP contribution >= 0.6 is 11.6 Å². The van der Waals surface area contributed by atoms with Crippen molar-refractivity contribution in [2.45, 2.75) is 19.3 Å². The maximum absolute atomic E-state index is 10.8. The molecule has 1 N–H and O–H groups in total. The number of aromatic nitrogens is 2. The van der Waals surface area contributed by atoms with Crippen LogP contribution in [-0.4, -0.2) is 59.3 Å². The quantitative estimate of drug-likeness (QED) is 0.228. The highest BCUT2D eigenvalue weighted by Gasteiger charge is 2.23. The Bertz CT molecular complexity index is 1250. The Hall–Kier alpha value is -3.20. The lowest BCUT2D eigenvalue weighted by atomic mass is 10.1. The molecular formula is C30H34ClN3O4. The van der Waals surface area contributed by atoms with Gasteiger partial charge in [0.25, 0.3) is 0 Å². The molecule has 0 amide bonds. The molecule has 38 heavy (non-hydrogen) atoms. The fraction of sp³-hybridized carbons (Fsp3) is 0.300. The molecule has 0 radical (unpaired) electrons. The van der Waals surface area contributed by atoms with Crippen LogP contribution in [0.25, 0.3) is 11.3 Å². The molecule has 4 rings (SSSR count). The van der Waals surface area contributed by atoms with Crippen LogP contribution in [0.3, 0.4) is 0 Å². The van der Waals surface area contributed by atoms with Gasteiger partial charge in [-0.2, -0.15) is 5.10 Å². The Morgan fingerprint density at radius 1 is 0.974 bits per heavy atom. The van der Waals surface area contributed by atoms with Crippen molar-refractivity contribution in [3.05, 3.63) is 101 Å². The molecule has 200 valence electrons. The van der Waals surface area contributed by atoms with E-state index in [0.717, 1.165) is 22.4 Å². The van der Waals surface area contributed by atoms with Gasteiger partial charge in [0.1, 0.15) is 11.4 Å². The largest absolute Gasteiger partial charge is 0.439 e.